The Balaban J connectivity index is 1.84. The quantitative estimate of drug-likeness (QED) is 0.860. The number of rotatable bonds is 4. The van der Waals surface area contributed by atoms with E-state index in [1.165, 1.54) is 7.11 Å². The third-order valence-corrected chi connectivity index (χ3v) is 3.64. The van der Waals surface area contributed by atoms with Crippen LogP contribution in [0.4, 0.5) is 5.69 Å². The van der Waals surface area contributed by atoms with Gasteiger partial charge in [0.25, 0.3) is 0 Å². The van der Waals surface area contributed by atoms with Crippen LogP contribution in [0.15, 0.2) is 30.5 Å². The van der Waals surface area contributed by atoms with Crippen molar-refractivity contribution in [3.63, 3.8) is 0 Å². The normalized spacial score (nSPS) is 14.4. The molecule has 1 aromatic heterocycles. The van der Waals surface area contributed by atoms with Crippen molar-refractivity contribution in [1.29, 1.82) is 0 Å². The number of carbonyl (C=O) groups is 3. The second kappa shape index (κ2) is 6.04. The van der Waals surface area contributed by atoms with E-state index in [9.17, 15) is 14.4 Å². The van der Waals surface area contributed by atoms with E-state index in [-0.39, 0.29) is 31.2 Å². The molecular weight excluding hydrogens is 298 g/mol. The van der Waals surface area contributed by atoms with Gasteiger partial charge >= 0.3 is 0 Å². The number of nitrogens with zero attached hydrogens (tertiary/aromatic N) is 2. The van der Waals surface area contributed by atoms with Crippen molar-refractivity contribution in [2.75, 3.05) is 19.0 Å². The first-order valence-corrected chi connectivity index (χ1v) is 7.14. The minimum absolute atomic E-state index is 0.162. The van der Waals surface area contributed by atoms with Gasteiger partial charge in [0.15, 0.2) is 0 Å². The van der Waals surface area contributed by atoms with E-state index in [4.69, 9.17) is 4.74 Å². The van der Waals surface area contributed by atoms with Gasteiger partial charge in [-0.1, -0.05) is 6.07 Å². The van der Waals surface area contributed by atoms with Gasteiger partial charge in [-0.2, -0.15) is 0 Å². The van der Waals surface area contributed by atoms with Crippen LogP contribution in [0.3, 0.4) is 0 Å². The highest BCUT2D eigenvalue weighted by Gasteiger charge is 2.30. The molecule has 0 spiro atoms. The van der Waals surface area contributed by atoms with Crippen molar-refractivity contribution in [3.05, 3.63) is 30.5 Å². The molecule has 0 radical (unpaired) electrons. The topological polar surface area (TPSA) is 88.6 Å². The maximum atomic E-state index is 12.2. The molecule has 1 fully saturated rings. The van der Waals surface area contributed by atoms with Crippen LogP contribution >= 0.6 is 0 Å². The van der Waals surface area contributed by atoms with E-state index in [0.717, 1.165) is 10.3 Å². The summed E-state index contributed by atoms with van der Waals surface area (Å²) in [6, 6.07) is 7.11. The van der Waals surface area contributed by atoms with Crippen LogP contribution < -0.4 is 10.1 Å². The summed E-state index contributed by atoms with van der Waals surface area (Å²) in [7, 11) is 1.53. The molecule has 1 aliphatic rings. The highest BCUT2D eigenvalue weighted by atomic mass is 16.5. The van der Waals surface area contributed by atoms with Gasteiger partial charge in [-0.3, -0.25) is 24.3 Å². The minimum Gasteiger partial charge on any atom is -0.497 e. The van der Waals surface area contributed by atoms with Gasteiger partial charge < -0.3 is 10.1 Å². The molecule has 0 unspecified atom stereocenters. The van der Waals surface area contributed by atoms with E-state index >= 15 is 0 Å². The van der Waals surface area contributed by atoms with Crippen molar-refractivity contribution < 1.29 is 19.1 Å². The molecule has 1 aliphatic heterocycles. The molecule has 2 heterocycles. The molecule has 0 aliphatic carbocycles. The Morgan fingerprint density at radius 3 is 2.74 bits per heavy atom. The fourth-order valence-corrected chi connectivity index (χ4v) is 2.51. The van der Waals surface area contributed by atoms with E-state index in [1.807, 2.05) is 12.1 Å². The molecule has 3 rings (SSSR count). The molecule has 0 saturated carbocycles. The van der Waals surface area contributed by atoms with Gasteiger partial charge in [0.1, 0.15) is 12.3 Å². The molecule has 1 N–H and O–H groups in total. The monoisotopic (exact) mass is 313 g/mol. The molecule has 7 nitrogen and oxygen atoms in total. The Labute approximate surface area is 132 Å². The fourth-order valence-electron chi connectivity index (χ4n) is 2.51. The number of anilines is 1. The maximum Gasteiger partial charge on any atom is 0.244 e. The molecular formula is C16H15N3O4. The largest absolute Gasteiger partial charge is 0.497 e. The molecule has 1 aromatic carbocycles. The van der Waals surface area contributed by atoms with Crippen LogP contribution in [0.25, 0.3) is 10.9 Å². The summed E-state index contributed by atoms with van der Waals surface area (Å²) in [5, 5.41) is 3.52. The number of aromatic nitrogens is 1. The summed E-state index contributed by atoms with van der Waals surface area (Å²) < 4.78 is 5.21. The van der Waals surface area contributed by atoms with Crippen molar-refractivity contribution in [2.24, 2.45) is 0 Å². The Bertz CT molecular complexity index is 787. The second-order valence-electron chi connectivity index (χ2n) is 5.17. The van der Waals surface area contributed by atoms with E-state index in [0.29, 0.717) is 17.0 Å². The van der Waals surface area contributed by atoms with Crippen molar-refractivity contribution >= 4 is 34.3 Å². The summed E-state index contributed by atoms with van der Waals surface area (Å²) >= 11 is 0. The summed E-state index contributed by atoms with van der Waals surface area (Å²) in [5.41, 5.74) is 1.09. The molecule has 1 saturated heterocycles. The predicted octanol–water partition coefficient (Wildman–Crippen LogP) is 1.33. The summed E-state index contributed by atoms with van der Waals surface area (Å²) in [6.45, 7) is -0.288. The third kappa shape index (κ3) is 2.98. The number of pyridine rings is 1. The Morgan fingerprint density at radius 2 is 2.04 bits per heavy atom. The van der Waals surface area contributed by atoms with Gasteiger partial charge in [-0.15, -0.1) is 0 Å². The van der Waals surface area contributed by atoms with Gasteiger partial charge in [0.05, 0.1) is 18.3 Å². The lowest BCUT2D eigenvalue weighted by molar-refractivity contribution is -0.141. The average molecular weight is 313 g/mol. The van der Waals surface area contributed by atoms with E-state index < -0.39 is 5.91 Å². The highest BCUT2D eigenvalue weighted by molar-refractivity contribution is 6.08. The molecule has 0 atom stereocenters. The molecule has 118 valence electrons. The van der Waals surface area contributed by atoms with Gasteiger partial charge in [-0.25, -0.2) is 0 Å². The zero-order valence-electron chi connectivity index (χ0n) is 12.5. The number of benzene rings is 1. The Morgan fingerprint density at radius 1 is 1.30 bits per heavy atom. The third-order valence-electron chi connectivity index (χ3n) is 3.64. The first-order valence-electron chi connectivity index (χ1n) is 7.14. The van der Waals surface area contributed by atoms with Crippen LogP contribution in [-0.2, 0) is 14.4 Å². The summed E-state index contributed by atoms with van der Waals surface area (Å²) in [6.07, 6.45) is 1.95. The lowest BCUT2D eigenvalue weighted by Crippen LogP contribution is -2.36. The highest BCUT2D eigenvalue weighted by Crippen LogP contribution is 2.27. The molecule has 0 bridgehead atoms. The number of ether oxygens (including phenoxy) is 1. The Kier molecular flexibility index (Phi) is 3.92. The zero-order chi connectivity index (χ0) is 16.4. The van der Waals surface area contributed by atoms with Gasteiger partial charge in [-0.05, 0) is 12.1 Å². The molecule has 23 heavy (non-hydrogen) atoms. The van der Waals surface area contributed by atoms with Gasteiger partial charge in [0.2, 0.25) is 17.7 Å². The predicted molar refractivity (Wildman–Crippen MR) is 82.9 cm³/mol. The number of nitrogens with one attached hydrogen (secondary N) is 1. The number of methoxy groups -OCH3 is 1. The number of hydrogen-bond acceptors (Lipinski definition) is 5. The van der Waals surface area contributed by atoms with Gasteiger partial charge in [0, 0.05) is 30.5 Å². The SMILES string of the molecule is COc1cc(NC(=O)CN2C(=O)CCC2=O)c2ncccc2c1. The smallest absolute Gasteiger partial charge is 0.244 e. The first-order chi connectivity index (χ1) is 11.1. The van der Waals surface area contributed by atoms with Crippen LogP contribution in [-0.4, -0.2) is 41.3 Å². The summed E-state index contributed by atoms with van der Waals surface area (Å²) in [5.74, 6) is -0.513. The van der Waals surface area contributed by atoms with E-state index in [2.05, 4.69) is 10.3 Å². The van der Waals surface area contributed by atoms with Crippen LogP contribution in [0.5, 0.6) is 5.75 Å². The fraction of sp³-hybridized carbons (Fsp3) is 0.250. The number of imide groups is 1. The minimum atomic E-state index is -0.450. The first kappa shape index (κ1) is 15.0. The number of hydrogen-bond donors (Lipinski definition) is 1. The van der Waals surface area contributed by atoms with Crippen molar-refractivity contribution in [2.45, 2.75) is 12.8 Å². The summed E-state index contributed by atoms with van der Waals surface area (Å²) in [4.78, 5) is 40.6. The van der Waals surface area contributed by atoms with Crippen LogP contribution in [0, 0.1) is 0 Å². The number of likely N-dealkylation sites (tertiary alicyclic amines) is 1. The standard InChI is InChI=1S/C16H15N3O4/c1-23-11-7-10-3-2-6-17-16(10)12(8-11)18-13(20)9-19-14(21)4-5-15(19)22/h2-3,6-8H,4-5,9H2,1H3,(H,18,20). The number of carbonyl (C=O) groups excluding carboxylic acids is 3. The lowest BCUT2D eigenvalue weighted by atomic mass is 10.1. The average Bonchev–Trinajstić information content (AvgIpc) is 2.86. The van der Waals surface area contributed by atoms with Crippen molar-refractivity contribution in [1.82, 2.24) is 9.88 Å². The lowest BCUT2D eigenvalue weighted by Gasteiger charge is -2.14. The van der Waals surface area contributed by atoms with Crippen LogP contribution in [0.2, 0.25) is 0 Å². The number of fused-ring (bicyclic) bond motifs is 1. The van der Waals surface area contributed by atoms with E-state index in [1.54, 1.807) is 18.3 Å². The number of amides is 3. The maximum absolute atomic E-state index is 12.2. The molecule has 2 aromatic rings. The Hall–Kier alpha value is -2.96. The van der Waals surface area contributed by atoms with Crippen LogP contribution in [0.1, 0.15) is 12.8 Å². The molecule has 7 heteroatoms. The second-order valence-corrected chi connectivity index (χ2v) is 5.17. The zero-order valence-corrected chi connectivity index (χ0v) is 12.5. The molecule has 3 amide bonds. The van der Waals surface area contributed by atoms with Crippen molar-refractivity contribution in [3.8, 4) is 5.75 Å².